The average molecular weight is 369 g/mol. The summed E-state index contributed by atoms with van der Waals surface area (Å²) in [6.45, 7) is 1.50. The number of nitrogens with one attached hydrogen (secondary N) is 1. The molecule has 0 amide bonds. The molecule has 1 unspecified atom stereocenters. The van der Waals surface area contributed by atoms with Crippen molar-refractivity contribution in [2.75, 3.05) is 26.7 Å². The minimum absolute atomic E-state index is 0.0563. The summed E-state index contributed by atoms with van der Waals surface area (Å²) in [4.78, 5) is 20.6. The number of ether oxygens (including phenoxy) is 1. The standard InChI is InChI=1S/C20H20FN3O3/c1-27-18-3-2-13(21)8-15(18)14-4-6-22-20-16(14)9-17(23-20)12-5-7-24(10-12)11-19(25)26/h2-4,6,8-9,12H,5,7,10-11H2,1H3,(H,22,23)(H,25,26). The minimum Gasteiger partial charge on any atom is -0.496 e. The first-order valence-corrected chi connectivity index (χ1v) is 8.81. The summed E-state index contributed by atoms with van der Waals surface area (Å²) in [7, 11) is 1.56. The molecule has 1 aromatic carbocycles. The molecule has 1 aliphatic heterocycles. The molecular weight excluding hydrogens is 349 g/mol. The number of carboxylic acids is 1. The van der Waals surface area contributed by atoms with Gasteiger partial charge in [-0.1, -0.05) is 0 Å². The highest BCUT2D eigenvalue weighted by molar-refractivity contribution is 5.95. The lowest BCUT2D eigenvalue weighted by atomic mass is 10.0. The summed E-state index contributed by atoms with van der Waals surface area (Å²) in [6.07, 6.45) is 2.58. The zero-order valence-electron chi connectivity index (χ0n) is 14.9. The van der Waals surface area contributed by atoms with Gasteiger partial charge in [0.15, 0.2) is 0 Å². The molecule has 1 saturated heterocycles. The van der Waals surface area contributed by atoms with E-state index < -0.39 is 5.97 Å². The van der Waals surface area contributed by atoms with E-state index in [0.29, 0.717) is 17.9 Å². The lowest BCUT2D eigenvalue weighted by molar-refractivity contribution is -0.138. The smallest absolute Gasteiger partial charge is 0.317 e. The van der Waals surface area contributed by atoms with Crippen molar-refractivity contribution >= 4 is 17.0 Å². The number of carbonyl (C=O) groups is 1. The van der Waals surface area contributed by atoms with Gasteiger partial charge in [0.2, 0.25) is 0 Å². The third kappa shape index (κ3) is 3.38. The van der Waals surface area contributed by atoms with Crippen molar-refractivity contribution in [1.29, 1.82) is 0 Å². The van der Waals surface area contributed by atoms with Crippen LogP contribution in [0.4, 0.5) is 4.39 Å². The van der Waals surface area contributed by atoms with Crippen LogP contribution in [0.1, 0.15) is 18.0 Å². The first-order chi connectivity index (χ1) is 13.0. The summed E-state index contributed by atoms with van der Waals surface area (Å²) in [5, 5.41) is 9.87. The number of hydrogen-bond donors (Lipinski definition) is 2. The Labute approximate surface area is 155 Å². The van der Waals surface area contributed by atoms with E-state index in [1.807, 2.05) is 17.0 Å². The molecule has 3 aromatic rings. The van der Waals surface area contributed by atoms with Crippen LogP contribution in [-0.2, 0) is 4.79 Å². The van der Waals surface area contributed by atoms with E-state index in [1.54, 1.807) is 19.4 Å². The Kier molecular flexibility index (Phi) is 4.53. The van der Waals surface area contributed by atoms with Gasteiger partial charge in [-0.15, -0.1) is 0 Å². The van der Waals surface area contributed by atoms with Crippen LogP contribution in [-0.4, -0.2) is 52.7 Å². The summed E-state index contributed by atoms with van der Waals surface area (Å²) >= 11 is 0. The molecular formula is C20H20FN3O3. The van der Waals surface area contributed by atoms with Crippen LogP contribution in [0, 0.1) is 5.82 Å². The molecule has 3 heterocycles. The van der Waals surface area contributed by atoms with Gasteiger partial charge in [-0.25, -0.2) is 9.37 Å². The average Bonchev–Trinajstić information content (AvgIpc) is 3.27. The van der Waals surface area contributed by atoms with Crippen LogP contribution in [0.15, 0.2) is 36.5 Å². The van der Waals surface area contributed by atoms with Gasteiger partial charge in [0.25, 0.3) is 0 Å². The summed E-state index contributed by atoms with van der Waals surface area (Å²) < 4.78 is 19.2. The van der Waals surface area contributed by atoms with E-state index in [4.69, 9.17) is 9.84 Å². The highest BCUT2D eigenvalue weighted by Gasteiger charge is 2.27. The van der Waals surface area contributed by atoms with Crippen molar-refractivity contribution in [2.45, 2.75) is 12.3 Å². The molecule has 140 valence electrons. The number of aromatic amines is 1. The van der Waals surface area contributed by atoms with Crippen molar-refractivity contribution in [3.8, 4) is 16.9 Å². The van der Waals surface area contributed by atoms with Crippen molar-refractivity contribution in [2.24, 2.45) is 0 Å². The maximum atomic E-state index is 13.8. The van der Waals surface area contributed by atoms with E-state index in [0.717, 1.165) is 35.3 Å². The van der Waals surface area contributed by atoms with Gasteiger partial charge in [-0.05, 0) is 48.9 Å². The fourth-order valence-corrected chi connectivity index (χ4v) is 3.81. The first kappa shape index (κ1) is 17.5. The van der Waals surface area contributed by atoms with Gasteiger partial charge in [-0.2, -0.15) is 0 Å². The summed E-state index contributed by atoms with van der Waals surface area (Å²) in [5.41, 5.74) is 3.27. The Morgan fingerprint density at radius 3 is 3.00 bits per heavy atom. The third-order valence-corrected chi connectivity index (χ3v) is 5.08. The zero-order chi connectivity index (χ0) is 19.0. The molecule has 27 heavy (non-hydrogen) atoms. The molecule has 7 heteroatoms. The first-order valence-electron chi connectivity index (χ1n) is 8.81. The van der Waals surface area contributed by atoms with E-state index >= 15 is 0 Å². The Hall–Kier alpha value is -2.93. The zero-order valence-corrected chi connectivity index (χ0v) is 14.9. The van der Waals surface area contributed by atoms with Crippen molar-refractivity contribution in [3.63, 3.8) is 0 Å². The monoisotopic (exact) mass is 369 g/mol. The molecule has 0 aliphatic carbocycles. The van der Waals surface area contributed by atoms with Crippen molar-refractivity contribution in [3.05, 3.63) is 48.0 Å². The molecule has 0 spiro atoms. The molecule has 2 aromatic heterocycles. The molecule has 0 saturated carbocycles. The van der Waals surface area contributed by atoms with Crippen LogP contribution in [0.2, 0.25) is 0 Å². The number of fused-ring (bicyclic) bond motifs is 1. The van der Waals surface area contributed by atoms with Crippen LogP contribution in [0.3, 0.4) is 0 Å². The Morgan fingerprint density at radius 1 is 1.37 bits per heavy atom. The van der Waals surface area contributed by atoms with Gasteiger partial charge >= 0.3 is 5.97 Å². The molecule has 1 aliphatic rings. The van der Waals surface area contributed by atoms with Crippen molar-refractivity contribution in [1.82, 2.24) is 14.9 Å². The van der Waals surface area contributed by atoms with Crippen molar-refractivity contribution < 1.29 is 19.0 Å². The Morgan fingerprint density at radius 2 is 2.22 bits per heavy atom. The molecule has 4 rings (SSSR count). The van der Waals surface area contributed by atoms with Gasteiger partial charge in [0, 0.05) is 35.3 Å². The second-order valence-corrected chi connectivity index (χ2v) is 6.80. The minimum atomic E-state index is -0.811. The molecule has 2 N–H and O–H groups in total. The number of H-pyrrole nitrogens is 1. The topological polar surface area (TPSA) is 78.5 Å². The van der Waals surface area contributed by atoms with E-state index in [-0.39, 0.29) is 18.3 Å². The van der Waals surface area contributed by atoms with E-state index in [1.165, 1.54) is 12.1 Å². The number of aliphatic carboxylic acids is 1. The van der Waals surface area contributed by atoms with Gasteiger partial charge in [0.05, 0.1) is 13.7 Å². The quantitative estimate of drug-likeness (QED) is 0.722. The molecule has 0 radical (unpaired) electrons. The number of hydrogen-bond acceptors (Lipinski definition) is 4. The molecule has 6 nitrogen and oxygen atoms in total. The van der Waals surface area contributed by atoms with Crippen LogP contribution in [0.25, 0.3) is 22.2 Å². The summed E-state index contributed by atoms with van der Waals surface area (Å²) in [5.74, 6) is -0.318. The van der Waals surface area contributed by atoms with Crippen LogP contribution < -0.4 is 4.74 Å². The number of carboxylic acid groups (broad SMARTS) is 1. The number of likely N-dealkylation sites (tertiary alicyclic amines) is 1. The second kappa shape index (κ2) is 7.00. The predicted molar refractivity (Wildman–Crippen MR) is 99.5 cm³/mol. The second-order valence-electron chi connectivity index (χ2n) is 6.80. The largest absolute Gasteiger partial charge is 0.496 e. The number of pyridine rings is 1. The molecule has 0 bridgehead atoms. The van der Waals surface area contributed by atoms with Gasteiger partial charge in [-0.3, -0.25) is 9.69 Å². The predicted octanol–water partition coefficient (Wildman–Crippen LogP) is 3.25. The highest BCUT2D eigenvalue weighted by atomic mass is 19.1. The number of benzene rings is 1. The molecule has 1 fully saturated rings. The number of aromatic nitrogens is 2. The fraction of sp³-hybridized carbons (Fsp3) is 0.300. The van der Waals surface area contributed by atoms with Crippen LogP contribution in [0.5, 0.6) is 5.75 Å². The maximum absolute atomic E-state index is 13.8. The summed E-state index contributed by atoms with van der Waals surface area (Å²) in [6, 6.07) is 8.34. The Balaban J connectivity index is 1.72. The number of nitrogens with zero attached hydrogens (tertiary/aromatic N) is 2. The molecule has 1 atom stereocenters. The lowest BCUT2D eigenvalue weighted by Gasteiger charge is -2.12. The van der Waals surface area contributed by atoms with Crippen LogP contribution >= 0.6 is 0 Å². The third-order valence-electron chi connectivity index (χ3n) is 5.08. The van der Waals surface area contributed by atoms with Gasteiger partial charge in [0.1, 0.15) is 17.2 Å². The fourth-order valence-electron chi connectivity index (χ4n) is 3.81. The Bertz CT molecular complexity index is 1000. The van der Waals surface area contributed by atoms with E-state index in [9.17, 15) is 9.18 Å². The SMILES string of the molecule is COc1ccc(F)cc1-c1ccnc2[nH]c(C3CCN(CC(=O)O)C3)cc12. The maximum Gasteiger partial charge on any atom is 0.317 e. The number of methoxy groups -OCH3 is 1. The van der Waals surface area contributed by atoms with E-state index in [2.05, 4.69) is 9.97 Å². The number of halogens is 1. The lowest BCUT2D eigenvalue weighted by Crippen LogP contribution is -2.27. The highest BCUT2D eigenvalue weighted by Crippen LogP contribution is 2.37. The number of rotatable bonds is 5. The van der Waals surface area contributed by atoms with Gasteiger partial charge < -0.3 is 14.8 Å². The normalized spacial score (nSPS) is 17.5.